The lowest BCUT2D eigenvalue weighted by Crippen LogP contribution is -2.80. The van der Waals surface area contributed by atoms with Crippen LogP contribution in [0.1, 0.15) is 124 Å². The van der Waals surface area contributed by atoms with E-state index < -0.39 is 47.8 Å². The SMILES string of the molecule is C#CCC(=O)N1C[C@@H](C)[C@@]12CCN(c1ncnc3[nH]ccc13)C2.C[C@@H]1CN(C(=O)CC#N)[C@@]12CCN(c1ncnc3[nH]ccc13)C2.C[C@H]1CN(C(=O)CC#N)[C@@]12CCN(c1ncnc3[nH]ccc13)C2.N#CCC(=O)N1CC(F)(F)[C@@]12CCN(c1ncnc3[nH]ccc13)C2.N#CCC(=O)N1CC(F)(F)[C@]12CCCN(c1ncnc3[nH]ccc13)C2.N#CCC(=O)N1CCC[C@]12CCCN(c1ncnc3[nH]ccc13)C2. The first-order valence-corrected chi connectivity index (χ1v) is 47.7. The monoisotopic (exact) mass is 1930 g/mol. The summed E-state index contributed by atoms with van der Waals surface area (Å²) < 4.78 is 57.8. The van der Waals surface area contributed by atoms with Gasteiger partial charge in [0, 0.05) is 142 Å². The first kappa shape index (κ1) is 95.0. The fourth-order valence-electron chi connectivity index (χ4n) is 24.0. The molecule has 12 aromatic heterocycles. The lowest BCUT2D eigenvalue weighted by Gasteiger charge is -2.61. The largest absolute Gasteiger partial charge is 0.354 e. The number of amides is 6. The zero-order chi connectivity index (χ0) is 99.3. The van der Waals surface area contributed by atoms with Crippen molar-refractivity contribution in [2.45, 2.75) is 169 Å². The Hall–Kier alpha value is -15.9. The first-order valence-electron chi connectivity index (χ1n) is 47.7. The number of likely N-dealkylation sites (tertiary alicyclic amines) is 6. The smallest absolute Gasteiger partial charge is 0.289 e. The molecule has 142 heavy (non-hydrogen) atoms. The van der Waals surface area contributed by atoms with Crippen molar-refractivity contribution in [1.82, 2.24) is 119 Å². The van der Waals surface area contributed by atoms with Crippen molar-refractivity contribution in [1.29, 1.82) is 26.3 Å². The maximum atomic E-state index is 14.5. The number of carbonyl (C=O) groups excluding carboxylic acids is 6. The van der Waals surface area contributed by atoms with E-state index in [4.69, 9.17) is 32.7 Å². The van der Waals surface area contributed by atoms with Crippen molar-refractivity contribution in [3.63, 3.8) is 0 Å². The molecule has 6 amide bonds. The van der Waals surface area contributed by atoms with E-state index in [1.165, 1.54) is 17.6 Å². The van der Waals surface area contributed by atoms with Crippen LogP contribution in [0, 0.1) is 86.8 Å². The van der Waals surface area contributed by atoms with Gasteiger partial charge >= 0.3 is 0 Å². The molecule has 6 spiro atoms. The standard InChI is InChI=1S/C17H20N6O.C17H19N5O.C16H16F2N6O.2C16H18N6O.C15H14F2N6O/c18-7-3-14(24)23-10-2-6-17(23)5-1-9-22(11-17)16-13-4-8-19-15(13)20-12-21-16;1-3-4-14(23)22-9-12(2)17(22)6-8-21(10-17)16-13-5-7-18-15(13)19-11-20-16;17-16(18)9-24(12(25)2-5-19)15(16)4-1-7-23(8-15)14-11-3-6-20-13(11)21-10-22-14;2*1-11-8-22(13(23)2-5-17)16(11)4-7-21(9-16)15-12-3-6-18-14(12)19-10-20-15;16-15(17)8-23(11(24)1-4-18)14(15)3-6-22(7-14)13-10-2-5-19-12(10)20-9-21-13/h4,8,12H,1-3,5-6,9-11H2,(H,19,20,21);1,5,7,11-12H,4,6,8-10H2,2H3,(H,18,19,20);3,6,10H,1-2,4,7-9H2,(H,20,21,22);2*3,6,10-11H,2,4,7-9H2,1H3,(H,18,19,20);2,5,9H,1,3,6-8H2,(H,19,20,21)/t17-;12-,17+;15-;11-,16+;11-,16-;14-/m011010/s1. The van der Waals surface area contributed by atoms with Crippen molar-refractivity contribution in [2.75, 3.05) is 147 Å². The second kappa shape index (κ2) is 38.0. The highest BCUT2D eigenvalue weighted by Crippen LogP contribution is 2.55. The third-order valence-corrected chi connectivity index (χ3v) is 31.6. The van der Waals surface area contributed by atoms with Crippen LogP contribution in [0.25, 0.3) is 66.2 Å². The fourth-order valence-corrected chi connectivity index (χ4v) is 24.0. The van der Waals surface area contributed by atoms with Gasteiger partial charge in [-0.2, -0.15) is 26.3 Å². The molecule has 24 heterocycles. The Labute approximate surface area is 812 Å². The molecular formula is C97H105F4N35O6. The van der Waals surface area contributed by atoms with Crippen molar-refractivity contribution >= 4 is 137 Å². The molecule has 0 bridgehead atoms. The van der Waals surface area contributed by atoms with E-state index in [-0.39, 0.29) is 110 Å². The number of piperidine rings is 2. The van der Waals surface area contributed by atoms with Gasteiger partial charge in [-0.3, -0.25) is 28.8 Å². The molecule has 732 valence electrons. The van der Waals surface area contributed by atoms with Crippen molar-refractivity contribution in [3.8, 4) is 42.7 Å². The average molecular weight is 1930 g/mol. The molecule has 0 aliphatic carbocycles. The van der Waals surface area contributed by atoms with E-state index >= 15 is 0 Å². The molecule has 12 aliphatic rings. The zero-order valence-corrected chi connectivity index (χ0v) is 78.7. The third-order valence-electron chi connectivity index (χ3n) is 31.6. The van der Waals surface area contributed by atoms with E-state index in [0.717, 1.165) is 207 Å². The van der Waals surface area contributed by atoms with Crippen LogP contribution in [-0.4, -0.2) is 317 Å². The molecule has 12 aromatic rings. The molecule has 0 saturated carbocycles. The van der Waals surface area contributed by atoms with Crippen LogP contribution in [0.2, 0.25) is 0 Å². The summed E-state index contributed by atoms with van der Waals surface area (Å²) in [4.78, 5) is 166. The Kier molecular flexibility index (Phi) is 25.4. The van der Waals surface area contributed by atoms with Gasteiger partial charge in [-0.1, -0.05) is 26.7 Å². The number of terminal acetylenes is 1. The van der Waals surface area contributed by atoms with Gasteiger partial charge in [-0.15, -0.1) is 6.42 Å². The summed E-state index contributed by atoms with van der Waals surface area (Å²) in [6.45, 7) is 16.0. The van der Waals surface area contributed by atoms with Gasteiger partial charge in [0.25, 0.3) is 11.8 Å². The minimum absolute atomic E-state index is 0.00549. The van der Waals surface area contributed by atoms with Crippen molar-refractivity contribution < 1.29 is 46.3 Å². The molecule has 9 atom stereocenters. The number of rotatable bonds is 12. The highest BCUT2D eigenvalue weighted by molar-refractivity contribution is 5.94. The van der Waals surface area contributed by atoms with E-state index in [0.29, 0.717) is 60.2 Å². The summed E-state index contributed by atoms with van der Waals surface area (Å²) in [5, 5.41) is 49.5. The van der Waals surface area contributed by atoms with E-state index in [2.05, 4.69) is 136 Å². The van der Waals surface area contributed by atoms with Crippen LogP contribution >= 0.6 is 0 Å². The summed E-state index contributed by atoms with van der Waals surface area (Å²) >= 11 is 0. The van der Waals surface area contributed by atoms with E-state index in [1.807, 2.05) is 92.9 Å². The molecule has 0 radical (unpaired) electrons. The molecule has 0 unspecified atom stereocenters. The number of anilines is 6. The number of nitrogens with zero attached hydrogens (tertiary/aromatic N) is 29. The van der Waals surface area contributed by atoms with E-state index in [9.17, 15) is 46.3 Å². The molecule has 12 aliphatic heterocycles. The van der Waals surface area contributed by atoms with E-state index in [1.54, 1.807) is 65.7 Å². The number of aromatic amines is 6. The van der Waals surface area contributed by atoms with Gasteiger partial charge in [-0.05, 0) is 118 Å². The highest BCUT2D eigenvalue weighted by atomic mass is 19.3. The zero-order valence-electron chi connectivity index (χ0n) is 78.7. The second-order valence-corrected chi connectivity index (χ2v) is 38.7. The normalized spacial score (nSPS) is 25.5. The molecule has 24 rings (SSSR count). The fraction of sp³-hybridized carbons (Fsp3) is 0.495. The number of alkyl halides is 4. The highest BCUT2D eigenvalue weighted by Gasteiger charge is 2.72. The maximum Gasteiger partial charge on any atom is 0.289 e. The average Bonchev–Trinajstić information content (AvgIpc) is 1.29. The van der Waals surface area contributed by atoms with Gasteiger partial charge < -0.3 is 88.7 Å². The van der Waals surface area contributed by atoms with Gasteiger partial charge in [0.1, 0.15) is 150 Å². The minimum atomic E-state index is -2.97. The number of halogens is 4. The summed E-state index contributed by atoms with van der Waals surface area (Å²) in [7, 11) is 0. The number of H-pyrrole nitrogens is 6. The van der Waals surface area contributed by atoms with Gasteiger partial charge in [0.05, 0.1) is 104 Å². The van der Waals surface area contributed by atoms with Gasteiger partial charge in [0.15, 0.2) is 0 Å². The maximum absolute atomic E-state index is 14.5. The molecule has 41 nitrogen and oxygen atoms in total. The lowest BCUT2D eigenvalue weighted by atomic mass is 9.74. The Morgan fingerprint density at radius 3 is 0.866 bits per heavy atom. The van der Waals surface area contributed by atoms with Gasteiger partial charge in [-0.25, -0.2) is 77.4 Å². The Bertz CT molecular complexity index is 6790. The molecule has 6 N–H and O–H groups in total. The van der Waals surface area contributed by atoms with Crippen molar-refractivity contribution in [3.05, 3.63) is 112 Å². The lowest BCUT2D eigenvalue weighted by molar-refractivity contribution is -0.243. The second-order valence-electron chi connectivity index (χ2n) is 38.7. The topological polar surface area (TPSA) is 510 Å². The molecule has 12 saturated heterocycles. The number of nitriles is 5. The predicted molar refractivity (Wildman–Crippen MR) is 511 cm³/mol. The number of hydrogen-bond donors (Lipinski definition) is 6. The third kappa shape index (κ3) is 16.3. The summed E-state index contributed by atoms with van der Waals surface area (Å²) in [5.41, 5.74) is 0.957. The number of fused-ring (bicyclic) bond motifs is 6. The predicted octanol–water partition coefficient (Wildman–Crippen LogP) is 8.83. The number of carbonyl (C=O) groups is 6. The first-order chi connectivity index (χ1) is 68.7. The quantitative estimate of drug-likeness (QED) is 0.0491. The van der Waals surface area contributed by atoms with Crippen LogP contribution in [0.3, 0.4) is 0 Å². The van der Waals surface area contributed by atoms with Crippen LogP contribution in [0.15, 0.2) is 112 Å². The number of hydrogen-bond acceptors (Lipinski definition) is 29. The molecule has 12 fully saturated rings. The Balaban J connectivity index is 0.000000108. The van der Waals surface area contributed by atoms with Crippen molar-refractivity contribution in [2.24, 2.45) is 17.8 Å². The van der Waals surface area contributed by atoms with Crippen LogP contribution in [0.4, 0.5) is 52.5 Å². The summed E-state index contributed by atoms with van der Waals surface area (Å²) in [6.07, 6.45) is 32.4. The minimum Gasteiger partial charge on any atom is -0.354 e. The number of nitrogens with one attached hydrogen (secondary N) is 6. The molecule has 0 aromatic carbocycles. The molecular weight excluding hydrogens is 1830 g/mol. The Morgan fingerprint density at radius 1 is 0.317 bits per heavy atom. The molecule has 45 heteroatoms. The Morgan fingerprint density at radius 2 is 0.570 bits per heavy atom. The summed E-state index contributed by atoms with van der Waals surface area (Å²) in [5.74, 6) is 1.63. The number of aromatic nitrogens is 18. The van der Waals surface area contributed by atoms with Crippen LogP contribution < -0.4 is 29.4 Å². The van der Waals surface area contributed by atoms with Crippen LogP contribution in [-0.2, 0) is 28.8 Å². The van der Waals surface area contributed by atoms with Crippen LogP contribution in [0.5, 0.6) is 0 Å². The van der Waals surface area contributed by atoms with Gasteiger partial charge in [0.2, 0.25) is 35.4 Å². The summed E-state index contributed by atoms with van der Waals surface area (Å²) in [6, 6.07) is 21.0.